The Bertz CT molecular complexity index is 1280. The molecule has 352 valence electrons. The lowest BCUT2D eigenvalue weighted by Crippen LogP contribution is -2.46. The number of aliphatic hydroxyl groups is 2. The zero-order chi connectivity index (χ0) is 45.2. The van der Waals surface area contributed by atoms with E-state index in [1.165, 1.54) is 57.8 Å². The van der Waals surface area contributed by atoms with Crippen LogP contribution in [-0.4, -0.2) is 46.9 Å². The first-order valence-electron chi connectivity index (χ1n) is 25.1. The number of rotatable bonds is 43. The van der Waals surface area contributed by atoms with Gasteiger partial charge in [-0.2, -0.15) is 0 Å². The Morgan fingerprint density at radius 1 is 0.500 bits per heavy atom. The van der Waals surface area contributed by atoms with E-state index in [-0.39, 0.29) is 24.9 Å². The number of carbonyl (C=O) groups is 2. The van der Waals surface area contributed by atoms with E-state index in [1.54, 1.807) is 6.08 Å². The fourth-order valence-corrected chi connectivity index (χ4v) is 6.85. The third kappa shape index (κ3) is 43.2. The van der Waals surface area contributed by atoms with Gasteiger partial charge in [0.25, 0.3) is 0 Å². The molecule has 0 heterocycles. The number of carbonyl (C=O) groups excluding carboxylic acids is 2. The van der Waals surface area contributed by atoms with Gasteiger partial charge in [0.1, 0.15) is 6.10 Å². The summed E-state index contributed by atoms with van der Waals surface area (Å²) in [6.07, 6.45) is 66.0. The van der Waals surface area contributed by atoms with Crippen molar-refractivity contribution in [3.63, 3.8) is 0 Å². The topological polar surface area (TPSA) is 95.9 Å². The number of nitrogens with one attached hydrogen (secondary N) is 1. The van der Waals surface area contributed by atoms with Crippen molar-refractivity contribution >= 4 is 11.9 Å². The molecule has 62 heavy (non-hydrogen) atoms. The molecule has 3 N–H and O–H groups in total. The molecule has 0 aliphatic carbocycles. The Balaban J connectivity index is 4.84. The predicted molar refractivity (Wildman–Crippen MR) is 268 cm³/mol. The van der Waals surface area contributed by atoms with Crippen LogP contribution >= 0.6 is 0 Å². The number of esters is 1. The number of hydrogen-bond donors (Lipinski definition) is 3. The van der Waals surface area contributed by atoms with Crippen LogP contribution in [0.15, 0.2) is 109 Å². The zero-order valence-electron chi connectivity index (χ0n) is 40.0. The van der Waals surface area contributed by atoms with Crippen LogP contribution in [0.3, 0.4) is 0 Å². The van der Waals surface area contributed by atoms with Crippen molar-refractivity contribution in [3.8, 4) is 0 Å². The molecule has 3 unspecified atom stereocenters. The van der Waals surface area contributed by atoms with E-state index in [9.17, 15) is 19.8 Å². The summed E-state index contributed by atoms with van der Waals surface area (Å²) in [5.74, 6) is -0.666. The smallest absolute Gasteiger partial charge is 0.306 e. The van der Waals surface area contributed by atoms with Crippen molar-refractivity contribution in [2.75, 3.05) is 6.61 Å². The van der Waals surface area contributed by atoms with Crippen molar-refractivity contribution < 1.29 is 24.5 Å². The van der Waals surface area contributed by atoms with E-state index in [4.69, 9.17) is 4.74 Å². The van der Waals surface area contributed by atoms with Crippen LogP contribution in [0.2, 0.25) is 0 Å². The molecule has 6 heteroatoms. The highest BCUT2D eigenvalue weighted by Gasteiger charge is 2.23. The molecule has 0 aromatic carbocycles. The third-order valence-corrected chi connectivity index (χ3v) is 10.6. The van der Waals surface area contributed by atoms with Gasteiger partial charge in [-0.25, -0.2) is 0 Å². The molecular weight excluding hydrogens is 767 g/mol. The average molecular weight is 860 g/mol. The molecule has 0 bridgehead atoms. The van der Waals surface area contributed by atoms with Crippen molar-refractivity contribution in [1.82, 2.24) is 5.32 Å². The van der Waals surface area contributed by atoms with Gasteiger partial charge in [-0.1, -0.05) is 214 Å². The Morgan fingerprint density at radius 3 is 1.37 bits per heavy atom. The minimum absolute atomic E-state index is 0.0628. The maximum atomic E-state index is 13.2. The highest BCUT2D eigenvalue weighted by molar-refractivity contribution is 5.78. The highest BCUT2D eigenvalue weighted by Crippen LogP contribution is 2.15. The molecule has 0 spiro atoms. The second-order valence-corrected chi connectivity index (χ2v) is 16.5. The second kappa shape index (κ2) is 48.6. The summed E-state index contributed by atoms with van der Waals surface area (Å²) in [7, 11) is 0. The van der Waals surface area contributed by atoms with Crippen LogP contribution in [0.1, 0.15) is 207 Å². The molecular formula is C56H93NO5. The first-order chi connectivity index (χ1) is 30.5. The molecule has 0 rings (SSSR count). The van der Waals surface area contributed by atoms with Gasteiger partial charge in [0.05, 0.1) is 25.2 Å². The molecule has 0 radical (unpaired) electrons. The van der Waals surface area contributed by atoms with Gasteiger partial charge in [-0.3, -0.25) is 9.59 Å². The summed E-state index contributed by atoms with van der Waals surface area (Å²) in [4.78, 5) is 26.1. The average Bonchev–Trinajstić information content (AvgIpc) is 3.26. The minimum atomic E-state index is -0.829. The zero-order valence-corrected chi connectivity index (χ0v) is 40.0. The fourth-order valence-electron chi connectivity index (χ4n) is 6.85. The highest BCUT2D eigenvalue weighted by atomic mass is 16.5. The molecule has 0 aliphatic rings. The lowest BCUT2D eigenvalue weighted by molar-refractivity contribution is -0.148. The molecule has 3 atom stereocenters. The normalized spacial score (nSPS) is 14.2. The summed E-state index contributed by atoms with van der Waals surface area (Å²) in [6, 6.07) is -0.754. The van der Waals surface area contributed by atoms with E-state index in [2.05, 4.69) is 123 Å². The third-order valence-electron chi connectivity index (χ3n) is 10.6. The van der Waals surface area contributed by atoms with Crippen molar-refractivity contribution in [1.29, 1.82) is 0 Å². The number of aliphatic hydroxyl groups excluding tert-OH is 2. The minimum Gasteiger partial charge on any atom is -0.458 e. The van der Waals surface area contributed by atoms with E-state index in [0.717, 1.165) is 103 Å². The lowest BCUT2D eigenvalue weighted by atomic mass is 10.0. The Labute approximate surface area is 381 Å². The lowest BCUT2D eigenvalue weighted by Gasteiger charge is -2.23. The standard InChI is InChI=1S/C56H93NO5/c1-4-7-10-13-16-19-22-25-27-28-29-30-32-35-38-41-44-47-52(62-56(61)49-46-43-40-37-34-31-26-23-20-17-14-11-8-5-2)50-55(60)57-53(51-58)54(59)48-45-42-39-36-33-24-21-18-15-12-9-6-3/h7-8,10-11,16-17,19-20,25-27,29-31,35,38,44,47,52-54,58-59H,4-6,9,12-15,18,21-24,28,32-34,36-37,39-43,45-46,48-51H2,1-3H3,(H,57,60)/b10-7-,11-8+,19-16-,20-17+,27-25-,30-29-,31-26+,38-35-,47-44-. The first-order valence-corrected chi connectivity index (χ1v) is 25.1. The Morgan fingerprint density at radius 2 is 0.903 bits per heavy atom. The van der Waals surface area contributed by atoms with Gasteiger partial charge >= 0.3 is 5.97 Å². The molecule has 0 fully saturated rings. The van der Waals surface area contributed by atoms with Gasteiger partial charge in [0.2, 0.25) is 5.91 Å². The fraction of sp³-hybridized carbons (Fsp3) is 0.643. The summed E-state index contributed by atoms with van der Waals surface area (Å²) in [5.41, 5.74) is 0. The second-order valence-electron chi connectivity index (χ2n) is 16.5. The van der Waals surface area contributed by atoms with Crippen molar-refractivity contribution in [3.05, 3.63) is 109 Å². The number of allylic oxidation sites excluding steroid dienone is 17. The van der Waals surface area contributed by atoms with Crippen LogP contribution in [0.5, 0.6) is 0 Å². The van der Waals surface area contributed by atoms with Crippen LogP contribution in [0.4, 0.5) is 0 Å². The largest absolute Gasteiger partial charge is 0.458 e. The summed E-state index contributed by atoms with van der Waals surface area (Å²) >= 11 is 0. The van der Waals surface area contributed by atoms with Gasteiger partial charge in [0.15, 0.2) is 0 Å². The quantitative estimate of drug-likeness (QED) is 0.0322. The summed E-state index contributed by atoms with van der Waals surface area (Å²) < 4.78 is 5.81. The number of unbranched alkanes of at least 4 members (excludes halogenated alkanes) is 15. The van der Waals surface area contributed by atoms with Gasteiger partial charge in [-0.05, 0) is 89.5 Å². The van der Waals surface area contributed by atoms with E-state index >= 15 is 0 Å². The van der Waals surface area contributed by atoms with Crippen molar-refractivity contribution in [2.45, 2.75) is 225 Å². The van der Waals surface area contributed by atoms with E-state index in [0.29, 0.717) is 19.3 Å². The maximum absolute atomic E-state index is 13.2. The van der Waals surface area contributed by atoms with Crippen molar-refractivity contribution in [2.24, 2.45) is 0 Å². The van der Waals surface area contributed by atoms with Gasteiger partial charge in [-0.15, -0.1) is 0 Å². The van der Waals surface area contributed by atoms with E-state index < -0.39 is 18.2 Å². The molecule has 0 aromatic heterocycles. The van der Waals surface area contributed by atoms with Gasteiger partial charge < -0.3 is 20.3 Å². The SMILES string of the molecule is CC/C=C\C/C=C\C/C=C\C/C=C\C/C=C\C/C=C\C(CC(=O)NC(CO)C(O)CCCCCCCCCCCCCC)OC(=O)CCCCCC/C=C/C/C=C/C/C=C/CC. The van der Waals surface area contributed by atoms with Crippen LogP contribution < -0.4 is 5.32 Å². The predicted octanol–water partition coefficient (Wildman–Crippen LogP) is 15.1. The van der Waals surface area contributed by atoms with Crippen LogP contribution in [0.25, 0.3) is 0 Å². The van der Waals surface area contributed by atoms with Gasteiger partial charge in [0, 0.05) is 6.42 Å². The Hall–Kier alpha value is -3.48. The molecule has 1 amide bonds. The first kappa shape index (κ1) is 58.5. The molecule has 0 saturated heterocycles. The maximum Gasteiger partial charge on any atom is 0.306 e. The summed E-state index contributed by atoms with van der Waals surface area (Å²) in [6.45, 7) is 6.20. The van der Waals surface area contributed by atoms with E-state index in [1.807, 2.05) is 6.08 Å². The van der Waals surface area contributed by atoms with Crippen LogP contribution in [0, 0.1) is 0 Å². The monoisotopic (exact) mass is 860 g/mol. The number of amides is 1. The molecule has 0 saturated carbocycles. The number of hydrogen-bond acceptors (Lipinski definition) is 5. The summed E-state index contributed by atoms with van der Waals surface area (Å²) in [5, 5.41) is 23.7. The Kier molecular flexibility index (Phi) is 45.8. The number of ether oxygens (including phenoxy) is 1. The molecule has 0 aromatic rings. The molecule has 6 nitrogen and oxygen atoms in total. The van der Waals surface area contributed by atoms with Crippen LogP contribution in [-0.2, 0) is 14.3 Å². The molecule has 0 aliphatic heterocycles.